The standard InChI is InChI=1S/C10H11BrN2O/c11-6-3-7-13-9-5-2-1-4-8(9)12-10(13)14/h1-2,4-5H,3,6-7H2,(H,12,14). The fourth-order valence-electron chi connectivity index (χ4n) is 1.55. The van der Waals surface area contributed by atoms with Gasteiger partial charge in [0.2, 0.25) is 0 Å². The van der Waals surface area contributed by atoms with Gasteiger partial charge in [-0.3, -0.25) is 4.57 Å². The van der Waals surface area contributed by atoms with E-state index in [1.165, 1.54) is 0 Å². The zero-order valence-corrected chi connectivity index (χ0v) is 9.25. The van der Waals surface area contributed by atoms with Crippen molar-refractivity contribution in [3.63, 3.8) is 0 Å². The van der Waals surface area contributed by atoms with E-state index in [0.717, 1.165) is 29.3 Å². The fraction of sp³-hybridized carbons (Fsp3) is 0.300. The van der Waals surface area contributed by atoms with E-state index in [-0.39, 0.29) is 5.69 Å². The number of nitrogens with zero attached hydrogens (tertiary/aromatic N) is 1. The van der Waals surface area contributed by atoms with Crippen LogP contribution in [0, 0.1) is 0 Å². The van der Waals surface area contributed by atoms with Gasteiger partial charge in [-0.1, -0.05) is 28.1 Å². The van der Waals surface area contributed by atoms with Gasteiger partial charge in [0.1, 0.15) is 0 Å². The first-order valence-electron chi connectivity index (χ1n) is 4.56. The maximum Gasteiger partial charge on any atom is 0.326 e. The van der Waals surface area contributed by atoms with E-state index < -0.39 is 0 Å². The minimum Gasteiger partial charge on any atom is -0.306 e. The highest BCUT2D eigenvalue weighted by Crippen LogP contribution is 2.09. The van der Waals surface area contributed by atoms with Crippen LogP contribution in [0.3, 0.4) is 0 Å². The third-order valence-electron chi connectivity index (χ3n) is 2.20. The van der Waals surface area contributed by atoms with E-state index in [1.54, 1.807) is 4.57 Å². The Morgan fingerprint density at radius 3 is 2.93 bits per heavy atom. The summed E-state index contributed by atoms with van der Waals surface area (Å²) in [5, 5.41) is 0.916. The molecule has 14 heavy (non-hydrogen) atoms. The molecule has 74 valence electrons. The molecule has 0 aliphatic carbocycles. The molecule has 1 aromatic heterocycles. The number of hydrogen-bond donors (Lipinski definition) is 1. The van der Waals surface area contributed by atoms with Crippen LogP contribution < -0.4 is 5.69 Å². The lowest BCUT2D eigenvalue weighted by Crippen LogP contribution is -2.16. The number of para-hydroxylation sites is 2. The lowest BCUT2D eigenvalue weighted by molar-refractivity contribution is 0.681. The number of aryl methyl sites for hydroxylation is 1. The van der Waals surface area contributed by atoms with Crippen molar-refractivity contribution in [2.24, 2.45) is 0 Å². The van der Waals surface area contributed by atoms with E-state index in [0.29, 0.717) is 0 Å². The average molecular weight is 255 g/mol. The molecule has 2 aromatic rings. The molecule has 4 heteroatoms. The predicted octanol–water partition coefficient (Wildman–Crippen LogP) is 2.11. The number of aromatic nitrogens is 2. The van der Waals surface area contributed by atoms with Crippen molar-refractivity contribution in [1.82, 2.24) is 9.55 Å². The van der Waals surface area contributed by atoms with Crippen molar-refractivity contribution >= 4 is 27.0 Å². The monoisotopic (exact) mass is 254 g/mol. The zero-order valence-electron chi connectivity index (χ0n) is 7.66. The molecule has 2 rings (SSSR count). The number of halogens is 1. The van der Waals surface area contributed by atoms with Gasteiger partial charge in [-0.2, -0.15) is 0 Å². The third-order valence-corrected chi connectivity index (χ3v) is 2.76. The molecule has 0 bridgehead atoms. The summed E-state index contributed by atoms with van der Waals surface area (Å²) in [5.41, 5.74) is 1.87. The summed E-state index contributed by atoms with van der Waals surface area (Å²) in [6.07, 6.45) is 0.960. The Bertz CT molecular complexity index is 486. The second-order valence-corrected chi connectivity index (χ2v) is 3.93. The number of nitrogens with one attached hydrogen (secondary N) is 1. The number of imidazole rings is 1. The molecule has 0 atom stereocenters. The summed E-state index contributed by atoms with van der Waals surface area (Å²) in [6, 6.07) is 7.75. The number of alkyl halides is 1. The summed E-state index contributed by atoms with van der Waals surface area (Å²) >= 11 is 3.36. The van der Waals surface area contributed by atoms with Gasteiger partial charge >= 0.3 is 5.69 Å². The molecule has 0 fully saturated rings. The second-order valence-electron chi connectivity index (χ2n) is 3.14. The Labute approximate surface area is 89.9 Å². The minimum absolute atomic E-state index is 0.0212. The topological polar surface area (TPSA) is 37.8 Å². The molecule has 0 spiro atoms. The fourth-order valence-corrected chi connectivity index (χ4v) is 1.80. The number of hydrogen-bond acceptors (Lipinski definition) is 1. The van der Waals surface area contributed by atoms with E-state index >= 15 is 0 Å². The van der Waals surface area contributed by atoms with Crippen LogP contribution in [0.1, 0.15) is 6.42 Å². The molecule has 0 radical (unpaired) electrons. The van der Waals surface area contributed by atoms with Gasteiger partial charge in [0.25, 0.3) is 0 Å². The maximum atomic E-state index is 11.5. The lowest BCUT2D eigenvalue weighted by atomic mass is 10.3. The Morgan fingerprint density at radius 1 is 1.36 bits per heavy atom. The summed E-state index contributed by atoms with van der Waals surface area (Å²) in [7, 11) is 0. The molecule has 0 unspecified atom stereocenters. The number of aromatic amines is 1. The summed E-state index contributed by atoms with van der Waals surface area (Å²) in [4.78, 5) is 14.4. The second kappa shape index (κ2) is 4.00. The third kappa shape index (κ3) is 1.62. The van der Waals surface area contributed by atoms with Gasteiger partial charge in [-0.25, -0.2) is 4.79 Å². The van der Waals surface area contributed by atoms with E-state index in [1.807, 2.05) is 24.3 Å². The van der Waals surface area contributed by atoms with Crippen LogP contribution >= 0.6 is 15.9 Å². The highest BCUT2D eigenvalue weighted by Gasteiger charge is 2.03. The van der Waals surface area contributed by atoms with Gasteiger partial charge in [-0.15, -0.1) is 0 Å². The van der Waals surface area contributed by atoms with Gasteiger partial charge in [0.05, 0.1) is 11.0 Å². The Balaban J connectivity index is 2.51. The summed E-state index contributed by atoms with van der Waals surface area (Å²) < 4.78 is 1.77. The van der Waals surface area contributed by atoms with Gasteiger partial charge in [0.15, 0.2) is 0 Å². The largest absolute Gasteiger partial charge is 0.326 e. The molecule has 0 saturated carbocycles. The van der Waals surface area contributed by atoms with Gasteiger partial charge in [-0.05, 0) is 18.6 Å². The maximum absolute atomic E-state index is 11.5. The highest BCUT2D eigenvalue weighted by atomic mass is 79.9. The van der Waals surface area contributed by atoms with E-state index in [4.69, 9.17) is 0 Å². The molecule has 1 heterocycles. The molecule has 1 N–H and O–H groups in total. The van der Waals surface area contributed by atoms with Crippen molar-refractivity contribution in [3.8, 4) is 0 Å². The van der Waals surface area contributed by atoms with Crippen LogP contribution in [0.25, 0.3) is 11.0 Å². The number of H-pyrrole nitrogens is 1. The first kappa shape index (κ1) is 9.52. The molecule has 0 aliphatic heterocycles. The molecular weight excluding hydrogens is 244 g/mol. The number of rotatable bonds is 3. The lowest BCUT2D eigenvalue weighted by Gasteiger charge is -1.99. The summed E-state index contributed by atoms with van der Waals surface area (Å²) in [5.74, 6) is 0. The van der Waals surface area contributed by atoms with Gasteiger partial charge < -0.3 is 4.98 Å². The Hall–Kier alpha value is -1.03. The number of benzene rings is 1. The van der Waals surface area contributed by atoms with Crippen molar-refractivity contribution < 1.29 is 0 Å². The summed E-state index contributed by atoms with van der Waals surface area (Å²) in [6.45, 7) is 0.758. The van der Waals surface area contributed by atoms with Gasteiger partial charge in [0, 0.05) is 11.9 Å². The predicted molar refractivity (Wildman–Crippen MR) is 61.0 cm³/mol. The quantitative estimate of drug-likeness (QED) is 0.838. The number of fused-ring (bicyclic) bond motifs is 1. The average Bonchev–Trinajstić information content (AvgIpc) is 2.51. The Morgan fingerprint density at radius 2 is 2.14 bits per heavy atom. The van der Waals surface area contributed by atoms with E-state index in [9.17, 15) is 4.79 Å². The van der Waals surface area contributed by atoms with Crippen molar-refractivity contribution in [2.45, 2.75) is 13.0 Å². The van der Waals surface area contributed by atoms with Crippen LogP contribution in [0.5, 0.6) is 0 Å². The van der Waals surface area contributed by atoms with Crippen LogP contribution in [0.2, 0.25) is 0 Å². The molecular formula is C10H11BrN2O. The molecule has 0 aliphatic rings. The molecule has 3 nitrogen and oxygen atoms in total. The van der Waals surface area contributed by atoms with Crippen LogP contribution in [0.15, 0.2) is 29.1 Å². The smallest absolute Gasteiger partial charge is 0.306 e. The molecule has 0 amide bonds. The zero-order chi connectivity index (χ0) is 9.97. The first-order chi connectivity index (χ1) is 6.83. The Kier molecular flexibility index (Phi) is 2.72. The van der Waals surface area contributed by atoms with Crippen LogP contribution in [-0.2, 0) is 6.54 Å². The molecule has 0 saturated heterocycles. The first-order valence-corrected chi connectivity index (χ1v) is 5.68. The van der Waals surface area contributed by atoms with Crippen LogP contribution in [-0.4, -0.2) is 14.9 Å². The highest BCUT2D eigenvalue weighted by molar-refractivity contribution is 9.09. The van der Waals surface area contributed by atoms with E-state index in [2.05, 4.69) is 20.9 Å². The van der Waals surface area contributed by atoms with Crippen molar-refractivity contribution in [3.05, 3.63) is 34.7 Å². The van der Waals surface area contributed by atoms with Crippen molar-refractivity contribution in [1.29, 1.82) is 0 Å². The van der Waals surface area contributed by atoms with Crippen molar-refractivity contribution in [2.75, 3.05) is 5.33 Å². The minimum atomic E-state index is -0.0212. The van der Waals surface area contributed by atoms with Crippen LogP contribution in [0.4, 0.5) is 0 Å². The normalized spacial score (nSPS) is 10.9. The SMILES string of the molecule is O=c1[nH]c2ccccc2n1CCCBr. The molecule has 1 aromatic carbocycles.